The van der Waals surface area contributed by atoms with Crippen LogP contribution < -0.4 is 0 Å². The van der Waals surface area contributed by atoms with Crippen molar-refractivity contribution in [1.29, 1.82) is 0 Å². The van der Waals surface area contributed by atoms with Crippen LogP contribution >= 0.6 is 0 Å². The van der Waals surface area contributed by atoms with E-state index in [0.717, 1.165) is 44.7 Å². The quantitative estimate of drug-likeness (QED) is 0.705. The fourth-order valence-electron chi connectivity index (χ4n) is 2.71. The number of Topliss-reactive ketones (excluding diaryl/α,β-unsaturated/α-hetero) is 1. The van der Waals surface area contributed by atoms with Crippen LogP contribution in [-0.4, -0.2) is 29.3 Å². The maximum Gasteiger partial charge on any atom is 0.152 e. The molecule has 1 unspecified atom stereocenters. The first-order chi connectivity index (χ1) is 8.04. The number of piperidine rings is 1. The Kier molecular flexibility index (Phi) is 5.64. The molecule has 17 heavy (non-hydrogen) atoms. The van der Waals surface area contributed by atoms with Crippen LogP contribution in [-0.2, 0) is 4.79 Å². The van der Waals surface area contributed by atoms with Gasteiger partial charge in [0, 0.05) is 6.42 Å². The molecule has 1 fully saturated rings. The van der Waals surface area contributed by atoms with Gasteiger partial charge in [-0.25, -0.2) is 0 Å². The molecule has 1 heterocycles. The fourth-order valence-corrected chi connectivity index (χ4v) is 2.71. The van der Waals surface area contributed by atoms with E-state index >= 15 is 0 Å². The highest BCUT2D eigenvalue weighted by molar-refractivity contribution is 5.87. The van der Waals surface area contributed by atoms with Crippen LogP contribution in [0.5, 0.6) is 0 Å². The zero-order valence-corrected chi connectivity index (χ0v) is 12.1. The standard InChI is InChI=1S/C15H29NO/c1-5-7-8-14(17)15(4,6-2)16-11-9-13(3)10-12-16/h13H,5-12H2,1-4H3. The van der Waals surface area contributed by atoms with Gasteiger partial charge in [0.05, 0.1) is 5.54 Å². The van der Waals surface area contributed by atoms with E-state index in [1.165, 1.54) is 12.8 Å². The Morgan fingerprint density at radius 3 is 2.35 bits per heavy atom. The number of hydrogen-bond donors (Lipinski definition) is 0. The number of ketones is 1. The maximum absolute atomic E-state index is 12.4. The van der Waals surface area contributed by atoms with Crippen molar-refractivity contribution in [3.05, 3.63) is 0 Å². The average molecular weight is 239 g/mol. The predicted octanol–water partition coefficient (Wildman–Crippen LogP) is 3.65. The monoisotopic (exact) mass is 239 g/mol. The SMILES string of the molecule is CCCCC(=O)C(C)(CC)N1CCC(C)CC1. The molecule has 1 atom stereocenters. The smallest absolute Gasteiger partial charge is 0.152 e. The summed E-state index contributed by atoms with van der Waals surface area (Å²) in [5.74, 6) is 1.29. The first-order valence-corrected chi connectivity index (χ1v) is 7.33. The van der Waals surface area contributed by atoms with Gasteiger partial charge in [0.1, 0.15) is 0 Å². The molecule has 2 heteroatoms. The normalized spacial score (nSPS) is 22.4. The van der Waals surface area contributed by atoms with Crippen LogP contribution in [0.4, 0.5) is 0 Å². The van der Waals surface area contributed by atoms with Crippen LogP contribution in [0.3, 0.4) is 0 Å². The lowest BCUT2D eigenvalue weighted by molar-refractivity contribution is -0.131. The molecule has 1 rings (SSSR count). The molecule has 0 radical (unpaired) electrons. The molecular formula is C15H29NO. The summed E-state index contributed by atoms with van der Waals surface area (Å²) in [7, 11) is 0. The van der Waals surface area contributed by atoms with Crippen LogP contribution in [0.2, 0.25) is 0 Å². The molecule has 0 bridgehead atoms. The molecule has 1 saturated heterocycles. The zero-order valence-electron chi connectivity index (χ0n) is 12.1. The van der Waals surface area contributed by atoms with Gasteiger partial charge in [0.15, 0.2) is 5.78 Å². The van der Waals surface area contributed by atoms with Gasteiger partial charge in [0.2, 0.25) is 0 Å². The van der Waals surface area contributed by atoms with Crippen molar-refractivity contribution in [2.75, 3.05) is 13.1 Å². The van der Waals surface area contributed by atoms with Gasteiger partial charge in [0.25, 0.3) is 0 Å². The Labute approximate surface area is 107 Å². The van der Waals surface area contributed by atoms with Crippen LogP contribution in [0.1, 0.15) is 66.2 Å². The lowest BCUT2D eigenvalue weighted by Gasteiger charge is -2.43. The minimum Gasteiger partial charge on any atom is -0.298 e. The van der Waals surface area contributed by atoms with E-state index in [4.69, 9.17) is 0 Å². The number of hydrogen-bond acceptors (Lipinski definition) is 2. The Balaban J connectivity index is 2.63. The zero-order chi connectivity index (χ0) is 12.9. The Morgan fingerprint density at radius 1 is 1.29 bits per heavy atom. The number of unbranched alkanes of at least 4 members (excludes halogenated alkanes) is 1. The van der Waals surface area contributed by atoms with Crippen molar-refractivity contribution in [2.24, 2.45) is 5.92 Å². The molecule has 1 aliphatic rings. The maximum atomic E-state index is 12.4. The highest BCUT2D eigenvalue weighted by Crippen LogP contribution is 2.28. The van der Waals surface area contributed by atoms with Crippen LogP contribution in [0.15, 0.2) is 0 Å². The van der Waals surface area contributed by atoms with Gasteiger partial charge in [-0.3, -0.25) is 9.69 Å². The summed E-state index contributed by atoms with van der Waals surface area (Å²) in [6.07, 6.45) is 6.35. The second-order valence-corrected chi connectivity index (χ2v) is 5.82. The highest BCUT2D eigenvalue weighted by atomic mass is 16.1. The van der Waals surface area contributed by atoms with Gasteiger partial charge in [-0.15, -0.1) is 0 Å². The van der Waals surface area contributed by atoms with Gasteiger partial charge in [-0.2, -0.15) is 0 Å². The van der Waals surface area contributed by atoms with Gasteiger partial charge in [-0.1, -0.05) is 27.2 Å². The van der Waals surface area contributed by atoms with Crippen molar-refractivity contribution in [2.45, 2.75) is 71.8 Å². The average Bonchev–Trinajstić information content (AvgIpc) is 2.35. The number of nitrogens with zero attached hydrogens (tertiary/aromatic N) is 1. The third-order valence-electron chi connectivity index (χ3n) is 4.53. The molecule has 0 aromatic carbocycles. The predicted molar refractivity (Wildman–Crippen MR) is 73.2 cm³/mol. The molecule has 0 amide bonds. The van der Waals surface area contributed by atoms with Gasteiger partial charge < -0.3 is 0 Å². The molecule has 100 valence electrons. The minimum atomic E-state index is -0.199. The summed E-state index contributed by atoms with van der Waals surface area (Å²) in [5.41, 5.74) is -0.199. The number of carbonyl (C=O) groups excluding carboxylic acids is 1. The molecule has 0 N–H and O–H groups in total. The summed E-state index contributed by atoms with van der Waals surface area (Å²) in [5, 5.41) is 0. The van der Waals surface area contributed by atoms with Crippen LogP contribution in [0, 0.1) is 5.92 Å². The van der Waals surface area contributed by atoms with E-state index in [1.54, 1.807) is 0 Å². The third-order valence-corrected chi connectivity index (χ3v) is 4.53. The lowest BCUT2D eigenvalue weighted by atomic mass is 9.85. The van der Waals surface area contributed by atoms with E-state index in [0.29, 0.717) is 5.78 Å². The van der Waals surface area contributed by atoms with Crippen molar-refractivity contribution in [1.82, 2.24) is 4.90 Å². The van der Waals surface area contributed by atoms with Crippen molar-refractivity contribution in [3.63, 3.8) is 0 Å². The summed E-state index contributed by atoms with van der Waals surface area (Å²) in [6, 6.07) is 0. The van der Waals surface area contributed by atoms with Crippen molar-refractivity contribution in [3.8, 4) is 0 Å². The van der Waals surface area contributed by atoms with Crippen LogP contribution in [0.25, 0.3) is 0 Å². The fraction of sp³-hybridized carbons (Fsp3) is 0.933. The first-order valence-electron chi connectivity index (χ1n) is 7.33. The topological polar surface area (TPSA) is 20.3 Å². The van der Waals surface area contributed by atoms with Crippen molar-refractivity contribution >= 4 is 5.78 Å². The van der Waals surface area contributed by atoms with E-state index in [1.807, 2.05) is 0 Å². The second-order valence-electron chi connectivity index (χ2n) is 5.82. The summed E-state index contributed by atoms with van der Waals surface area (Å²) < 4.78 is 0. The van der Waals surface area contributed by atoms with E-state index in [-0.39, 0.29) is 5.54 Å². The van der Waals surface area contributed by atoms with Gasteiger partial charge >= 0.3 is 0 Å². The summed E-state index contributed by atoms with van der Waals surface area (Å²) in [4.78, 5) is 14.8. The Bertz CT molecular complexity index is 243. The van der Waals surface area contributed by atoms with E-state index < -0.39 is 0 Å². The molecule has 0 aromatic heterocycles. The Morgan fingerprint density at radius 2 is 1.88 bits per heavy atom. The van der Waals surface area contributed by atoms with E-state index in [9.17, 15) is 4.79 Å². The van der Waals surface area contributed by atoms with Gasteiger partial charge in [-0.05, 0) is 51.6 Å². The number of carbonyl (C=O) groups is 1. The molecule has 0 aliphatic carbocycles. The number of likely N-dealkylation sites (tertiary alicyclic amines) is 1. The minimum absolute atomic E-state index is 0.199. The molecule has 0 spiro atoms. The molecule has 0 aromatic rings. The lowest BCUT2D eigenvalue weighted by Crippen LogP contribution is -2.54. The summed E-state index contributed by atoms with van der Waals surface area (Å²) >= 11 is 0. The summed E-state index contributed by atoms with van der Waals surface area (Å²) in [6.45, 7) is 11.0. The molecule has 0 saturated carbocycles. The second kappa shape index (κ2) is 6.53. The largest absolute Gasteiger partial charge is 0.298 e. The molecule has 2 nitrogen and oxygen atoms in total. The molecule has 1 aliphatic heterocycles. The third kappa shape index (κ3) is 3.54. The first kappa shape index (κ1) is 14.7. The number of rotatable bonds is 6. The highest BCUT2D eigenvalue weighted by Gasteiger charge is 2.37. The van der Waals surface area contributed by atoms with Crippen molar-refractivity contribution < 1.29 is 4.79 Å². The molecular weight excluding hydrogens is 210 g/mol. The Hall–Kier alpha value is -0.370. The van der Waals surface area contributed by atoms with E-state index in [2.05, 4.69) is 32.6 Å².